The third-order valence-corrected chi connectivity index (χ3v) is 5.61. The summed E-state index contributed by atoms with van der Waals surface area (Å²) >= 11 is 0. The zero-order valence-corrected chi connectivity index (χ0v) is 17.4. The van der Waals surface area contributed by atoms with Gasteiger partial charge in [-0.1, -0.05) is 13.0 Å². The summed E-state index contributed by atoms with van der Waals surface area (Å²) in [6.07, 6.45) is 6.38. The van der Waals surface area contributed by atoms with Gasteiger partial charge in [0.2, 0.25) is 0 Å². The van der Waals surface area contributed by atoms with Crippen molar-refractivity contribution >= 4 is 16.8 Å². The topological polar surface area (TPSA) is 73.9 Å². The van der Waals surface area contributed by atoms with Crippen LogP contribution >= 0.6 is 0 Å². The van der Waals surface area contributed by atoms with Crippen LogP contribution in [0.2, 0.25) is 0 Å². The monoisotopic (exact) mass is 391 g/mol. The molecule has 4 rings (SSSR count). The van der Waals surface area contributed by atoms with Gasteiger partial charge in [-0.2, -0.15) is 5.10 Å². The highest BCUT2D eigenvalue weighted by Gasteiger charge is 2.17. The summed E-state index contributed by atoms with van der Waals surface area (Å²) in [7, 11) is 0. The van der Waals surface area contributed by atoms with Crippen LogP contribution in [-0.2, 0) is 6.54 Å². The average molecular weight is 392 g/mol. The molecule has 2 N–H and O–H groups in total. The molecule has 0 saturated carbocycles. The summed E-state index contributed by atoms with van der Waals surface area (Å²) in [5.74, 6) is 0.675. The summed E-state index contributed by atoms with van der Waals surface area (Å²) in [6.45, 7) is 9.46. The number of carbonyl (C=O) groups is 1. The number of amides is 1. The molecule has 1 aliphatic rings. The van der Waals surface area contributed by atoms with Gasteiger partial charge in [-0.3, -0.25) is 19.8 Å². The van der Waals surface area contributed by atoms with Gasteiger partial charge < -0.3 is 5.32 Å². The van der Waals surface area contributed by atoms with E-state index in [1.165, 1.54) is 18.4 Å². The number of hydrogen-bond donors (Lipinski definition) is 2. The van der Waals surface area contributed by atoms with Crippen molar-refractivity contribution in [1.29, 1.82) is 0 Å². The van der Waals surface area contributed by atoms with Crippen molar-refractivity contribution in [2.75, 3.05) is 13.1 Å². The lowest BCUT2D eigenvalue weighted by Crippen LogP contribution is -2.32. The van der Waals surface area contributed by atoms with Gasteiger partial charge in [-0.25, -0.2) is 0 Å². The molecule has 1 fully saturated rings. The molecule has 152 valence electrons. The second-order valence-corrected chi connectivity index (χ2v) is 8.50. The van der Waals surface area contributed by atoms with E-state index in [4.69, 9.17) is 0 Å². The number of carbonyl (C=O) groups excluding carboxylic acids is 1. The molecule has 6 nitrogen and oxygen atoms in total. The lowest BCUT2D eigenvalue weighted by atomic mass is 9.98. The molecule has 0 unspecified atom stereocenters. The number of fused-ring (bicyclic) bond motifs is 1. The van der Waals surface area contributed by atoms with Gasteiger partial charge in [0, 0.05) is 35.9 Å². The normalized spacial score (nSPS) is 15.9. The average Bonchev–Trinajstić information content (AvgIpc) is 3.13. The molecule has 3 heterocycles. The SMILES string of the molecule is CC1CCN(Cc2cncc(-c3ccc4[nH]nc(C(=O)NC(C)C)c4c3)c2)CC1. The molecule has 3 aromatic rings. The molecular formula is C23H29N5O. The number of aromatic amines is 1. The van der Waals surface area contributed by atoms with Crippen LogP contribution in [0.3, 0.4) is 0 Å². The van der Waals surface area contributed by atoms with Crippen LogP contribution in [0.25, 0.3) is 22.0 Å². The van der Waals surface area contributed by atoms with E-state index in [9.17, 15) is 4.79 Å². The number of hydrogen-bond acceptors (Lipinski definition) is 4. The van der Waals surface area contributed by atoms with Crippen molar-refractivity contribution in [2.45, 2.75) is 46.2 Å². The number of nitrogens with zero attached hydrogens (tertiary/aromatic N) is 3. The molecule has 0 spiro atoms. The third kappa shape index (κ3) is 4.48. The van der Waals surface area contributed by atoms with E-state index in [-0.39, 0.29) is 11.9 Å². The van der Waals surface area contributed by atoms with Crippen LogP contribution in [0, 0.1) is 5.92 Å². The molecule has 1 aliphatic heterocycles. The number of nitrogens with one attached hydrogen (secondary N) is 2. The summed E-state index contributed by atoms with van der Waals surface area (Å²) in [5, 5.41) is 10.9. The Kier molecular flexibility index (Phi) is 5.62. The Bertz CT molecular complexity index is 1000. The highest BCUT2D eigenvalue weighted by Crippen LogP contribution is 2.26. The van der Waals surface area contributed by atoms with Gasteiger partial charge in [-0.15, -0.1) is 0 Å². The first kappa shape index (κ1) is 19.6. The molecule has 1 aromatic carbocycles. The van der Waals surface area contributed by atoms with Crippen molar-refractivity contribution in [1.82, 2.24) is 25.4 Å². The summed E-state index contributed by atoms with van der Waals surface area (Å²) in [6, 6.07) is 8.32. The molecule has 2 aromatic heterocycles. The van der Waals surface area contributed by atoms with Crippen LogP contribution in [0.1, 0.15) is 49.7 Å². The molecule has 6 heteroatoms. The molecule has 0 bridgehead atoms. The van der Waals surface area contributed by atoms with E-state index in [1.54, 1.807) is 0 Å². The fraction of sp³-hybridized carbons (Fsp3) is 0.435. The number of rotatable bonds is 5. The van der Waals surface area contributed by atoms with Gasteiger partial charge in [0.25, 0.3) is 5.91 Å². The quantitative estimate of drug-likeness (QED) is 0.690. The fourth-order valence-corrected chi connectivity index (χ4v) is 3.91. The first-order valence-electron chi connectivity index (χ1n) is 10.4. The Labute approximate surface area is 171 Å². The minimum atomic E-state index is -0.158. The number of likely N-dealkylation sites (tertiary alicyclic amines) is 1. The standard InChI is InChI=1S/C23H29N5O/c1-15(2)25-23(29)22-20-11-18(4-5-21(20)26-27-22)19-10-17(12-24-13-19)14-28-8-6-16(3)7-9-28/h4-5,10-13,15-16H,6-9,14H2,1-3H3,(H,25,29)(H,26,27). The van der Waals surface area contributed by atoms with Crippen molar-refractivity contribution in [3.05, 3.63) is 47.9 Å². The highest BCUT2D eigenvalue weighted by molar-refractivity contribution is 6.05. The van der Waals surface area contributed by atoms with Crippen molar-refractivity contribution < 1.29 is 4.79 Å². The van der Waals surface area contributed by atoms with Gasteiger partial charge in [0.05, 0.1) is 5.52 Å². The Morgan fingerprint density at radius 1 is 1.21 bits per heavy atom. The number of benzene rings is 1. The Morgan fingerprint density at radius 2 is 2.00 bits per heavy atom. The molecule has 0 aliphatic carbocycles. The fourth-order valence-electron chi connectivity index (χ4n) is 3.91. The minimum Gasteiger partial charge on any atom is -0.348 e. The zero-order valence-electron chi connectivity index (χ0n) is 17.4. The van der Waals surface area contributed by atoms with Crippen LogP contribution in [0.4, 0.5) is 0 Å². The predicted octanol–water partition coefficient (Wildman–Crippen LogP) is 4.00. The van der Waals surface area contributed by atoms with Crippen LogP contribution in [-0.4, -0.2) is 45.1 Å². The molecule has 1 amide bonds. The number of pyridine rings is 1. The molecule has 0 radical (unpaired) electrons. The van der Waals surface area contributed by atoms with Gasteiger partial charge in [0.15, 0.2) is 5.69 Å². The minimum absolute atomic E-state index is 0.0658. The van der Waals surface area contributed by atoms with E-state index in [2.05, 4.69) is 38.4 Å². The number of aromatic nitrogens is 3. The predicted molar refractivity (Wildman–Crippen MR) is 116 cm³/mol. The van der Waals surface area contributed by atoms with E-state index in [0.717, 1.165) is 47.6 Å². The van der Waals surface area contributed by atoms with Crippen LogP contribution in [0.15, 0.2) is 36.7 Å². The first-order chi connectivity index (χ1) is 14.0. The first-order valence-corrected chi connectivity index (χ1v) is 10.4. The molecule has 1 saturated heterocycles. The van der Waals surface area contributed by atoms with E-state index in [1.807, 2.05) is 44.4 Å². The summed E-state index contributed by atoms with van der Waals surface area (Å²) in [4.78, 5) is 19.5. The van der Waals surface area contributed by atoms with E-state index < -0.39 is 0 Å². The molecule has 0 atom stereocenters. The van der Waals surface area contributed by atoms with E-state index in [0.29, 0.717) is 5.69 Å². The van der Waals surface area contributed by atoms with Crippen molar-refractivity contribution in [3.63, 3.8) is 0 Å². The smallest absolute Gasteiger partial charge is 0.272 e. The second-order valence-electron chi connectivity index (χ2n) is 8.50. The molecular weight excluding hydrogens is 362 g/mol. The largest absolute Gasteiger partial charge is 0.348 e. The van der Waals surface area contributed by atoms with Crippen LogP contribution in [0.5, 0.6) is 0 Å². The maximum atomic E-state index is 12.5. The maximum absolute atomic E-state index is 12.5. The van der Waals surface area contributed by atoms with Gasteiger partial charge in [0.1, 0.15) is 0 Å². The Balaban J connectivity index is 1.58. The van der Waals surface area contributed by atoms with Crippen LogP contribution < -0.4 is 5.32 Å². The number of H-pyrrole nitrogens is 1. The second kappa shape index (κ2) is 8.33. The Morgan fingerprint density at radius 3 is 2.76 bits per heavy atom. The third-order valence-electron chi connectivity index (χ3n) is 5.61. The number of piperidine rings is 1. The molecule has 29 heavy (non-hydrogen) atoms. The summed E-state index contributed by atoms with van der Waals surface area (Å²) < 4.78 is 0. The maximum Gasteiger partial charge on any atom is 0.272 e. The van der Waals surface area contributed by atoms with Gasteiger partial charge >= 0.3 is 0 Å². The summed E-state index contributed by atoms with van der Waals surface area (Å²) in [5.41, 5.74) is 4.61. The Hall–Kier alpha value is -2.73. The van der Waals surface area contributed by atoms with Crippen molar-refractivity contribution in [3.8, 4) is 11.1 Å². The van der Waals surface area contributed by atoms with Crippen molar-refractivity contribution in [2.24, 2.45) is 5.92 Å². The highest BCUT2D eigenvalue weighted by atomic mass is 16.2. The van der Waals surface area contributed by atoms with Gasteiger partial charge in [-0.05, 0) is 75.0 Å². The lowest BCUT2D eigenvalue weighted by molar-refractivity contribution is 0.0939. The lowest BCUT2D eigenvalue weighted by Gasteiger charge is -2.30. The van der Waals surface area contributed by atoms with E-state index >= 15 is 0 Å². The zero-order chi connectivity index (χ0) is 20.4.